The number of hydrogen-bond acceptors (Lipinski definition) is 8. The minimum Gasteiger partial charge on any atom is -0.507 e. The SMILES string of the molecule is O=C1CCc2cc(c(O)c(OC3CCCC3)c2)Cc2ccc3c(c2)Cc2cc[nH]c2NC(C#CCC(O)C32CCCC2)C2=Cc3[nH]ccc3C(CC3C=Cc4c(O)cccc4CC3)C2C(=O)C1CCO. The molecule has 4 heterocycles. The van der Waals surface area contributed by atoms with Gasteiger partial charge in [0.1, 0.15) is 23.4 Å². The lowest BCUT2D eigenvalue weighted by atomic mass is 9.66. The van der Waals surface area contributed by atoms with E-state index in [1.54, 1.807) is 6.07 Å². The number of benzene rings is 3. The molecule has 2 aliphatic heterocycles. The largest absolute Gasteiger partial charge is 0.507 e. The number of aryl methyl sites for hydroxylation is 2. The van der Waals surface area contributed by atoms with Gasteiger partial charge in [0.05, 0.1) is 18.1 Å². The van der Waals surface area contributed by atoms with Crippen molar-refractivity contribution in [3.63, 3.8) is 0 Å². The third-order valence-corrected chi connectivity index (χ3v) is 16.9. The number of carbonyl (C=O) groups is 2. The second-order valence-corrected chi connectivity index (χ2v) is 21.1. The van der Waals surface area contributed by atoms with E-state index < -0.39 is 29.4 Å². The average molecular weight is 940 g/mol. The van der Waals surface area contributed by atoms with Crippen LogP contribution < -0.4 is 10.1 Å². The summed E-state index contributed by atoms with van der Waals surface area (Å²) in [6, 6.07) is 19.6. The highest BCUT2D eigenvalue weighted by molar-refractivity contribution is 6.05. The fraction of sp³-hybridized carbons (Fsp3) is 0.433. The summed E-state index contributed by atoms with van der Waals surface area (Å²) in [6.45, 7) is -0.336. The Bertz CT molecular complexity index is 2910. The molecule has 7 N–H and O–H groups in total. The number of fused-ring (bicyclic) bond motifs is 9. The number of aliphatic hydroxyl groups excluding tert-OH is 2. The number of aromatic hydroxyl groups is 2. The van der Waals surface area contributed by atoms with Crippen molar-refractivity contribution in [1.29, 1.82) is 0 Å². The van der Waals surface area contributed by atoms with Gasteiger partial charge in [-0.15, -0.1) is 0 Å². The maximum absolute atomic E-state index is 16.0. The molecule has 362 valence electrons. The fourth-order valence-electron chi connectivity index (χ4n) is 13.2. The van der Waals surface area contributed by atoms with Crippen LogP contribution in [0.5, 0.6) is 17.2 Å². The number of phenols is 2. The molecule has 10 heteroatoms. The minimum absolute atomic E-state index is 0.00151. The van der Waals surface area contributed by atoms with Crippen LogP contribution in [0, 0.1) is 29.6 Å². The first kappa shape index (κ1) is 46.1. The summed E-state index contributed by atoms with van der Waals surface area (Å²) in [5, 5.41) is 49.8. The molecule has 0 saturated heterocycles. The Morgan fingerprint density at radius 3 is 2.49 bits per heavy atom. The molecule has 6 unspecified atom stereocenters. The molecule has 0 amide bonds. The smallest absolute Gasteiger partial charge is 0.161 e. The summed E-state index contributed by atoms with van der Waals surface area (Å²) in [7, 11) is 0. The van der Waals surface area contributed by atoms with Crippen molar-refractivity contribution in [3.8, 4) is 29.1 Å². The Balaban J connectivity index is 1.08. The molecule has 0 radical (unpaired) electrons. The van der Waals surface area contributed by atoms with Crippen LogP contribution in [0.3, 0.4) is 0 Å². The Hall–Kier alpha value is -6.28. The molecule has 6 atom stereocenters. The Labute approximate surface area is 410 Å². The van der Waals surface area contributed by atoms with Gasteiger partial charge in [-0.25, -0.2) is 0 Å². The number of ketones is 2. The Morgan fingerprint density at radius 1 is 0.814 bits per heavy atom. The lowest BCUT2D eigenvalue weighted by Crippen LogP contribution is -2.41. The van der Waals surface area contributed by atoms with Crippen LogP contribution in [0.25, 0.3) is 12.2 Å². The number of allylic oxidation sites excluding steroid dienone is 1. The second kappa shape index (κ2) is 19.5. The number of hydrogen-bond donors (Lipinski definition) is 7. The highest BCUT2D eigenvalue weighted by atomic mass is 16.5. The zero-order chi connectivity index (χ0) is 47.9. The average Bonchev–Trinajstić information content (AvgIpc) is 4.20. The fourth-order valence-corrected chi connectivity index (χ4v) is 13.2. The molecule has 1 spiro atoms. The van der Waals surface area contributed by atoms with Crippen molar-refractivity contribution in [2.75, 3.05) is 11.9 Å². The summed E-state index contributed by atoms with van der Waals surface area (Å²) in [6.07, 6.45) is 20.8. The first-order chi connectivity index (χ1) is 34.2. The molecule has 6 aliphatic rings. The predicted octanol–water partition coefficient (Wildman–Crippen LogP) is 10.2. The number of aliphatic hydroxyl groups is 2. The van der Waals surface area contributed by atoms with E-state index in [9.17, 15) is 25.2 Å². The molecule has 10 nitrogen and oxygen atoms in total. The van der Waals surface area contributed by atoms with Crippen LogP contribution in [-0.4, -0.2) is 66.8 Å². The molecule has 2 aromatic heterocycles. The molecule has 70 heavy (non-hydrogen) atoms. The molecule has 2 saturated carbocycles. The number of aromatic nitrogens is 2. The number of rotatable bonds is 6. The zero-order valence-electron chi connectivity index (χ0n) is 39.9. The number of aromatic amines is 2. The lowest BCUT2D eigenvalue weighted by molar-refractivity contribution is -0.135. The maximum atomic E-state index is 16.0. The van der Waals surface area contributed by atoms with E-state index in [4.69, 9.17) is 4.74 Å². The van der Waals surface area contributed by atoms with Gasteiger partial charge < -0.3 is 40.4 Å². The standard InChI is InChI=1S/C60H65N3O7/c64-28-23-46-53(66)20-16-38-31-42(57(68)54(33-38)70-43-8-1-2-9-43)30-37-15-19-49-41(29-37)34-40-21-26-62-59(40)63-50(10-6-12-55(67)60(49)24-3-4-25-60)48-35-51-45(22-27-61-51)47(56(48)58(46)69)32-36-13-17-39-7-5-11-52(65)44(39)18-14-36/h5,7,11,14-15,18-19,21-22,26-27,29,31,33,35-36,43,46-47,50,55-56,61-65,67-68H,1-4,8-9,12-13,16-17,20,23-25,28,30,32,34H2. The summed E-state index contributed by atoms with van der Waals surface area (Å²) in [5.41, 5.74) is 9.86. The van der Waals surface area contributed by atoms with Crippen LogP contribution in [-0.2, 0) is 40.7 Å². The molecule has 4 aliphatic carbocycles. The number of Topliss-reactive ketones (excluding diaryl/α,β-unsaturated/α-hetero) is 2. The van der Waals surface area contributed by atoms with Gasteiger partial charge in [0.2, 0.25) is 0 Å². The maximum Gasteiger partial charge on any atom is 0.161 e. The molecular weight excluding hydrogens is 875 g/mol. The first-order valence-corrected chi connectivity index (χ1v) is 25.9. The number of ether oxygens (including phenoxy) is 1. The van der Waals surface area contributed by atoms with E-state index in [-0.39, 0.29) is 66.9 Å². The molecule has 5 bridgehead atoms. The van der Waals surface area contributed by atoms with Gasteiger partial charge in [-0.2, -0.15) is 0 Å². The van der Waals surface area contributed by atoms with Crippen LogP contribution in [0.2, 0.25) is 0 Å². The van der Waals surface area contributed by atoms with E-state index in [1.807, 2.05) is 36.7 Å². The third-order valence-electron chi connectivity index (χ3n) is 16.9. The van der Waals surface area contributed by atoms with E-state index in [0.29, 0.717) is 37.0 Å². The number of anilines is 1. The van der Waals surface area contributed by atoms with Gasteiger partial charge in [0, 0.05) is 78.8 Å². The van der Waals surface area contributed by atoms with Crippen LogP contribution >= 0.6 is 0 Å². The normalized spacial score (nSPS) is 25.3. The van der Waals surface area contributed by atoms with Crippen molar-refractivity contribution in [1.82, 2.24) is 9.97 Å². The van der Waals surface area contributed by atoms with Gasteiger partial charge in [0.25, 0.3) is 0 Å². The van der Waals surface area contributed by atoms with Crippen molar-refractivity contribution in [2.24, 2.45) is 17.8 Å². The highest BCUT2D eigenvalue weighted by Crippen LogP contribution is 2.50. The minimum atomic E-state index is -1.09. The van der Waals surface area contributed by atoms with E-state index in [2.05, 4.69) is 75.7 Å². The Kier molecular flexibility index (Phi) is 12.8. The summed E-state index contributed by atoms with van der Waals surface area (Å²) < 4.78 is 6.55. The summed E-state index contributed by atoms with van der Waals surface area (Å²) in [5.74, 6) is 5.91. The topological polar surface area (TPSA) is 168 Å². The van der Waals surface area contributed by atoms with Gasteiger partial charge in [-0.1, -0.05) is 73.2 Å². The van der Waals surface area contributed by atoms with E-state index >= 15 is 4.79 Å². The predicted molar refractivity (Wildman–Crippen MR) is 272 cm³/mol. The number of carbonyl (C=O) groups excluding carboxylic acids is 2. The van der Waals surface area contributed by atoms with Crippen molar-refractivity contribution >= 4 is 29.5 Å². The van der Waals surface area contributed by atoms with Crippen LogP contribution in [0.4, 0.5) is 5.82 Å². The molecule has 2 fully saturated rings. The zero-order valence-corrected chi connectivity index (χ0v) is 39.9. The van der Waals surface area contributed by atoms with E-state index in [1.165, 1.54) is 0 Å². The highest BCUT2D eigenvalue weighted by Gasteiger charge is 2.46. The number of H-pyrrole nitrogens is 2. The molecule has 5 aromatic rings. The quantitative estimate of drug-likeness (QED) is 0.0652. The van der Waals surface area contributed by atoms with Crippen LogP contribution in [0.1, 0.15) is 145 Å². The second-order valence-electron chi connectivity index (χ2n) is 21.1. The first-order valence-electron chi connectivity index (χ1n) is 25.9. The monoisotopic (exact) mass is 939 g/mol. The van der Waals surface area contributed by atoms with Crippen molar-refractivity contribution < 1.29 is 34.8 Å². The van der Waals surface area contributed by atoms with Gasteiger partial charge in [0.15, 0.2) is 17.3 Å². The molecular formula is C60H65N3O7. The van der Waals surface area contributed by atoms with Gasteiger partial charge in [-0.05, 0) is 151 Å². The van der Waals surface area contributed by atoms with Gasteiger partial charge >= 0.3 is 0 Å². The van der Waals surface area contributed by atoms with Crippen molar-refractivity contribution in [2.45, 2.75) is 139 Å². The summed E-state index contributed by atoms with van der Waals surface area (Å²) >= 11 is 0. The molecule has 3 aromatic carbocycles. The van der Waals surface area contributed by atoms with E-state index in [0.717, 1.165) is 126 Å². The third kappa shape index (κ3) is 8.81. The summed E-state index contributed by atoms with van der Waals surface area (Å²) in [4.78, 5) is 37.8. The number of phenolic OH excluding ortho intramolecular Hbond substituents is 2. The van der Waals surface area contributed by atoms with Gasteiger partial charge in [-0.3, -0.25) is 9.59 Å². The number of nitrogens with one attached hydrogen (secondary N) is 3. The lowest BCUT2D eigenvalue weighted by Gasteiger charge is -2.38. The Morgan fingerprint density at radius 2 is 1.64 bits per heavy atom. The molecule has 11 rings (SSSR count). The van der Waals surface area contributed by atoms with Crippen LogP contribution in [0.15, 0.2) is 84.7 Å². The van der Waals surface area contributed by atoms with Crippen molar-refractivity contribution in [3.05, 3.63) is 140 Å².